The fraction of sp³-hybridized carbons (Fsp3) is 0.529. The molecular formula is C17H18F3NO3. The Morgan fingerprint density at radius 2 is 1.83 bits per heavy atom. The Kier molecular flexibility index (Phi) is 3.66. The minimum absolute atomic E-state index is 0.0268. The van der Waals surface area contributed by atoms with E-state index >= 15 is 0 Å². The molecule has 130 valence electrons. The van der Waals surface area contributed by atoms with Crippen molar-refractivity contribution < 1.29 is 27.9 Å². The molecule has 0 bridgehead atoms. The average molecular weight is 341 g/mol. The molecule has 2 N–H and O–H groups in total. The van der Waals surface area contributed by atoms with E-state index in [4.69, 9.17) is 0 Å². The molecule has 0 unspecified atom stereocenters. The number of hydrogen-bond acceptors (Lipinski definition) is 2. The Bertz CT molecular complexity index is 701. The molecule has 2 aliphatic rings. The highest BCUT2D eigenvalue weighted by Crippen LogP contribution is 2.65. The van der Waals surface area contributed by atoms with Gasteiger partial charge in [0.05, 0.1) is 6.42 Å². The third kappa shape index (κ3) is 2.87. The van der Waals surface area contributed by atoms with E-state index in [1.165, 1.54) is 18.2 Å². The number of carboxylic acid groups (broad SMARTS) is 1. The fourth-order valence-electron chi connectivity index (χ4n) is 4.16. The van der Waals surface area contributed by atoms with Crippen molar-refractivity contribution in [3.8, 4) is 0 Å². The standard InChI is InChI=1S/C17H18F3NO3/c1-10-4-12(18)3-2-11(10)5-13(22)21-16(14(23)24)6-15(7-16)8-17(19,20)9-15/h2-4H,5-9H2,1H3,(H,21,22)(H,23,24). The van der Waals surface area contributed by atoms with Crippen LogP contribution in [0, 0.1) is 18.2 Å². The highest BCUT2D eigenvalue weighted by Gasteiger charge is 2.69. The second-order valence-electron chi connectivity index (χ2n) is 7.25. The van der Waals surface area contributed by atoms with Gasteiger partial charge in [-0.05, 0) is 48.4 Å². The van der Waals surface area contributed by atoms with Crippen LogP contribution in [0.5, 0.6) is 0 Å². The SMILES string of the molecule is Cc1cc(F)ccc1CC(=O)NC1(C(=O)O)CC2(CC(F)(F)C2)C1. The average Bonchev–Trinajstić information content (AvgIpc) is 2.37. The molecule has 1 aromatic carbocycles. The maximum absolute atomic E-state index is 13.1. The Labute approximate surface area is 137 Å². The fourth-order valence-corrected chi connectivity index (χ4v) is 4.16. The van der Waals surface area contributed by atoms with Gasteiger partial charge in [0.1, 0.15) is 11.4 Å². The van der Waals surface area contributed by atoms with Crippen LogP contribution in [0.3, 0.4) is 0 Å². The van der Waals surface area contributed by atoms with Crippen molar-refractivity contribution in [2.75, 3.05) is 0 Å². The zero-order valence-electron chi connectivity index (χ0n) is 13.2. The number of aryl methyl sites for hydroxylation is 1. The van der Waals surface area contributed by atoms with Gasteiger partial charge in [0.25, 0.3) is 0 Å². The summed E-state index contributed by atoms with van der Waals surface area (Å²) < 4.78 is 39.2. The smallest absolute Gasteiger partial charge is 0.329 e. The lowest BCUT2D eigenvalue weighted by Gasteiger charge is -2.61. The van der Waals surface area contributed by atoms with Gasteiger partial charge in [-0.15, -0.1) is 0 Å². The Balaban J connectivity index is 1.65. The first-order valence-electron chi connectivity index (χ1n) is 7.72. The van der Waals surface area contributed by atoms with Gasteiger partial charge in [-0.1, -0.05) is 6.07 Å². The third-order valence-corrected chi connectivity index (χ3v) is 5.06. The first-order chi connectivity index (χ1) is 11.0. The normalized spacial score (nSPS) is 22.3. The number of alkyl halides is 2. The Morgan fingerprint density at radius 3 is 2.33 bits per heavy atom. The van der Waals surface area contributed by atoms with Crippen molar-refractivity contribution in [3.63, 3.8) is 0 Å². The van der Waals surface area contributed by atoms with E-state index in [-0.39, 0.29) is 32.1 Å². The quantitative estimate of drug-likeness (QED) is 0.885. The molecule has 2 saturated carbocycles. The molecule has 0 heterocycles. The van der Waals surface area contributed by atoms with Crippen LogP contribution in [0.4, 0.5) is 13.2 Å². The summed E-state index contributed by atoms with van der Waals surface area (Å²) in [6.07, 6.45) is -0.660. The molecule has 0 aliphatic heterocycles. The van der Waals surface area contributed by atoms with Gasteiger partial charge in [-0.25, -0.2) is 18.0 Å². The van der Waals surface area contributed by atoms with Gasteiger partial charge >= 0.3 is 5.97 Å². The Morgan fingerprint density at radius 1 is 1.21 bits per heavy atom. The second-order valence-corrected chi connectivity index (χ2v) is 7.25. The maximum atomic E-state index is 13.1. The van der Waals surface area contributed by atoms with Crippen LogP contribution >= 0.6 is 0 Å². The van der Waals surface area contributed by atoms with Gasteiger partial charge in [-0.3, -0.25) is 4.79 Å². The van der Waals surface area contributed by atoms with Gasteiger partial charge < -0.3 is 10.4 Å². The molecule has 24 heavy (non-hydrogen) atoms. The highest BCUT2D eigenvalue weighted by atomic mass is 19.3. The molecule has 3 rings (SSSR count). The van der Waals surface area contributed by atoms with Crippen molar-refractivity contribution in [1.82, 2.24) is 5.32 Å². The molecule has 0 atom stereocenters. The van der Waals surface area contributed by atoms with Crippen LogP contribution in [0.2, 0.25) is 0 Å². The molecule has 7 heteroatoms. The predicted molar refractivity (Wildman–Crippen MR) is 79.2 cm³/mol. The number of carbonyl (C=O) groups is 2. The molecule has 0 aromatic heterocycles. The number of hydrogen-bond donors (Lipinski definition) is 2. The first-order valence-corrected chi connectivity index (χ1v) is 7.72. The van der Waals surface area contributed by atoms with Crippen LogP contribution in [0.15, 0.2) is 18.2 Å². The lowest BCUT2D eigenvalue weighted by atomic mass is 9.47. The van der Waals surface area contributed by atoms with Crippen LogP contribution in [-0.4, -0.2) is 28.4 Å². The van der Waals surface area contributed by atoms with Crippen molar-refractivity contribution in [1.29, 1.82) is 0 Å². The van der Waals surface area contributed by atoms with Gasteiger partial charge in [0.15, 0.2) is 0 Å². The molecule has 1 amide bonds. The number of aliphatic carboxylic acids is 1. The van der Waals surface area contributed by atoms with E-state index in [2.05, 4.69) is 5.32 Å². The van der Waals surface area contributed by atoms with E-state index < -0.39 is 34.6 Å². The highest BCUT2D eigenvalue weighted by molar-refractivity contribution is 5.89. The molecule has 2 fully saturated rings. The van der Waals surface area contributed by atoms with Crippen molar-refractivity contribution in [2.45, 2.75) is 50.5 Å². The maximum Gasteiger partial charge on any atom is 0.329 e. The summed E-state index contributed by atoms with van der Waals surface area (Å²) in [6, 6.07) is 4.01. The first kappa shape index (κ1) is 16.8. The monoisotopic (exact) mass is 341 g/mol. The number of nitrogens with one attached hydrogen (secondary N) is 1. The van der Waals surface area contributed by atoms with Crippen LogP contribution < -0.4 is 5.32 Å². The minimum atomic E-state index is -2.72. The largest absolute Gasteiger partial charge is 0.480 e. The number of carbonyl (C=O) groups excluding carboxylic acids is 1. The van der Waals surface area contributed by atoms with Crippen molar-refractivity contribution in [2.24, 2.45) is 5.41 Å². The second kappa shape index (κ2) is 5.22. The van der Waals surface area contributed by atoms with Crippen LogP contribution in [0.1, 0.15) is 36.8 Å². The van der Waals surface area contributed by atoms with Gasteiger partial charge in [0.2, 0.25) is 11.8 Å². The lowest BCUT2D eigenvalue weighted by Crippen LogP contribution is -2.71. The van der Waals surface area contributed by atoms with E-state index in [1.54, 1.807) is 6.92 Å². The summed E-state index contributed by atoms with van der Waals surface area (Å²) in [5, 5.41) is 11.9. The van der Waals surface area contributed by atoms with Gasteiger partial charge in [0, 0.05) is 12.8 Å². The summed E-state index contributed by atoms with van der Waals surface area (Å²) in [7, 11) is 0. The molecular weight excluding hydrogens is 323 g/mol. The molecule has 2 aliphatic carbocycles. The topological polar surface area (TPSA) is 66.4 Å². The third-order valence-electron chi connectivity index (χ3n) is 5.06. The molecule has 4 nitrogen and oxygen atoms in total. The zero-order valence-corrected chi connectivity index (χ0v) is 13.2. The van der Waals surface area contributed by atoms with E-state index in [0.29, 0.717) is 11.1 Å². The predicted octanol–water partition coefficient (Wildman–Crippen LogP) is 2.83. The molecule has 1 spiro atoms. The number of halogens is 3. The lowest BCUT2D eigenvalue weighted by molar-refractivity contribution is -0.221. The summed E-state index contributed by atoms with van der Waals surface area (Å²) in [4.78, 5) is 23.7. The van der Waals surface area contributed by atoms with E-state index in [9.17, 15) is 27.9 Å². The number of rotatable bonds is 4. The molecule has 0 radical (unpaired) electrons. The summed E-state index contributed by atoms with van der Waals surface area (Å²) in [5.74, 6) is -4.84. The molecule has 1 aromatic rings. The van der Waals surface area contributed by atoms with Crippen molar-refractivity contribution >= 4 is 11.9 Å². The van der Waals surface area contributed by atoms with E-state index in [1.807, 2.05) is 0 Å². The molecule has 0 saturated heterocycles. The zero-order chi connectivity index (χ0) is 17.8. The van der Waals surface area contributed by atoms with Crippen LogP contribution in [-0.2, 0) is 16.0 Å². The van der Waals surface area contributed by atoms with Gasteiger partial charge in [-0.2, -0.15) is 0 Å². The Hall–Kier alpha value is -2.05. The van der Waals surface area contributed by atoms with Crippen molar-refractivity contribution in [3.05, 3.63) is 35.1 Å². The number of carboxylic acids is 1. The summed E-state index contributed by atoms with van der Waals surface area (Å²) >= 11 is 0. The van der Waals surface area contributed by atoms with E-state index in [0.717, 1.165) is 0 Å². The number of benzene rings is 1. The van der Waals surface area contributed by atoms with Crippen LogP contribution in [0.25, 0.3) is 0 Å². The minimum Gasteiger partial charge on any atom is -0.480 e. The summed E-state index contributed by atoms with van der Waals surface area (Å²) in [6.45, 7) is 1.66. The number of amides is 1. The summed E-state index contributed by atoms with van der Waals surface area (Å²) in [5.41, 5.74) is -0.945.